The molecule has 0 aliphatic carbocycles. The second-order valence-electron chi connectivity index (χ2n) is 8.31. The maximum absolute atomic E-state index is 13.6. The number of rotatable bonds is 10. The maximum atomic E-state index is 13.6. The van der Waals surface area contributed by atoms with Crippen molar-refractivity contribution >= 4 is 27.7 Å². The fourth-order valence-electron chi connectivity index (χ4n) is 3.82. The number of furan rings is 2. The molecule has 0 saturated carbocycles. The minimum absolute atomic E-state index is 0.0828. The maximum Gasteiger partial charge on any atom is 0.254 e. The third-order valence-corrected chi connectivity index (χ3v) is 6.11. The Kier molecular flexibility index (Phi) is 8.21. The Morgan fingerprint density at radius 3 is 2.34 bits per heavy atom. The molecule has 0 unspecified atom stereocenters. The van der Waals surface area contributed by atoms with E-state index in [0.717, 1.165) is 15.8 Å². The minimum atomic E-state index is -0.243. The average molecular weight is 535 g/mol. The highest BCUT2D eigenvalue weighted by molar-refractivity contribution is 9.10. The van der Waals surface area contributed by atoms with Crippen molar-refractivity contribution in [1.29, 1.82) is 0 Å². The third-order valence-electron chi connectivity index (χ3n) is 5.62. The summed E-state index contributed by atoms with van der Waals surface area (Å²) >= 11 is 3.42. The first-order valence-corrected chi connectivity index (χ1v) is 12.2. The van der Waals surface area contributed by atoms with Crippen molar-refractivity contribution in [3.05, 3.63) is 118 Å². The van der Waals surface area contributed by atoms with Gasteiger partial charge >= 0.3 is 0 Å². The van der Waals surface area contributed by atoms with Gasteiger partial charge < -0.3 is 18.6 Å². The van der Waals surface area contributed by atoms with Gasteiger partial charge in [-0.2, -0.15) is 0 Å². The zero-order valence-corrected chi connectivity index (χ0v) is 21.1. The molecular formula is C28H27BrN2O4. The first-order chi connectivity index (χ1) is 17.0. The summed E-state index contributed by atoms with van der Waals surface area (Å²) in [5.41, 5.74) is 1.63. The molecule has 0 spiro atoms. The van der Waals surface area contributed by atoms with E-state index in [-0.39, 0.29) is 24.9 Å². The molecule has 0 saturated heterocycles. The molecule has 0 atom stereocenters. The van der Waals surface area contributed by atoms with Gasteiger partial charge in [0.1, 0.15) is 23.8 Å². The summed E-state index contributed by atoms with van der Waals surface area (Å²) in [5.74, 6) is 1.70. The Morgan fingerprint density at radius 2 is 1.66 bits per heavy atom. The fourth-order valence-corrected chi connectivity index (χ4v) is 4.22. The van der Waals surface area contributed by atoms with Crippen LogP contribution in [0.5, 0.6) is 0 Å². The van der Waals surface area contributed by atoms with Crippen LogP contribution < -0.4 is 0 Å². The Hall–Kier alpha value is -3.58. The lowest BCUT2D eigenvalue weighted by molar-refractivity contribution is -0.133. The number of halogens is 1. The Labute approximate surface area is 213 Å². The highest BCUT2D eigenvalue weighted by atomic mass is 79.9. The summed E-state index contributed by atoms with van der Waals surface area (Å²) < 4.78 is 12.0. The smallest absolute Gasteiger partial charge is 0.254 e. The van der Waals surface area contributed by atoms with Gasteiger partial charge in [-0.05, 0) is 61.4 Å². The topological polar surface area (TPSA) is 66.9 Å². The van der Waals surface area contributed by atoms with Crippen LogP contribution in [0.15, 0.2) is 98.4 Å². The van der Waals surface area contributed by atoms with Gasteiger partial charge in [-0.3, -0.25) is 9.59 Å². The number of amides is 2. The van der Waals surface area contributed by atoms with Crippen molar-refractivity contribution < 1.29 is 18.4 Å². The molecule has 4 aromatic rings. The average Bonchev–Trinajstić information content (AvgIpc) is 3.53. The van der Waals surface area contributed by atoms with E-state index in [0.29, 0.717) is 36.6 Å². The number of carbonyl (C=O) groups is 2. The lowest BCUT2D eigenvalue weighted by Gasteiger charge is -2.27. The van der Waals surface area contributed by atoms with Crippen LogP contribution in [0, 0.1) is 6.92 Å². The number of hydrogen-bond donors (Lipinski definition) is 0. The van der Waals surface area contributed by atoms with E-state index < -0.39 is 0 Å². The van der Waals surface area contributed by atoms with Gasteiger partial charge in [-0.15, -0.1) is 0 Å². The van der Waals surface area contributed by atoms with E-state index in [1.807, 2.05) is 55.5 Å². The van der Waals surface area contributed by atoms with Crippen molar-refractivity contribution in [2.24, 2.45) is 0 Å². The van der Waals surface area contributed by atoms with Gasteiger partial charge in [0.25, 0.3) is 5.91 Å². The summed E-state index contributed by atoms with van der Waals surface area (Å²) in [5, 5.41) is 0. The zero-order chi connectivity index (χ0) is 24.6. The monoisotopic (exact) mass is 534 g/mol. The molecule has 4 rings (SSSR count). The van der Waals surface area contributed by atoms with Crippen LogP contribution in [-0.2, 0) is 24.3 Å². The lowest BCUT2D eigenvalue weighted by Crippen LogP contribution is -2.43. The van der Waals surface area contributed by atoms with Crippen LogP contribution in [-0.4, -0.2) is 34.7 Å². The molecule has 0 aliphatic rings. The first kappa shape index (κ1) is 24.5. The highest BCUT2D eigenvalue weighted by Gasteiger charge is 2.24. The molecular weight excluding hydrogens is 508 g/mol. The van der Waals surface area contributed by atoms with Crippen LogP contribution in [0.25, 0.3) is 0 Å². The van der Waals surface area contributed by atoms with Crippen LogP contribution in [0.2, 0.25) is 0 Å². The van der Waals surface area contributed by atoms with E-state index >= 15 is 0 Å². The van der Waals surface area contributed by atoms with E-state index in [1.165, 1.54) is 4.90 Å². The number of aryl methyl sites for hydroxylation is 1. The molecule has 6 nitrogen and oxygen atoms in total. The Bertz CT molecular complexity index is 1250. The fraction of sp³-hybridized carbons (Fsp3) is 0.214. The van der Waals surface area contributed by atoms with Gasteiger partial charge in [0.15, 0.2) is 0 Å². The summed E-state index contributed by atoms with van der Waals surface area (Å²) in [6, 6.07) is 24.5. The van der Waals surface area contributed by atoms with E-state index in [4.69, 9.17) is 8.83 Å². The van der Waals surface area contributed by atoms with Crippen molar-refractivity contribution in [2.45, 2.75) is 26.4 Å². The molecule has 0 N–H and O–H groups in total. The quantitative estimate of drug-likeness (QED) is 0.255. The number of hydrogen-bond acceptors (Lipinski definition) is 4. The molecule has 0 bridgehead atoms. The van der Waals surface area contributed by atoms with Crippen LogP contribution in [0.1, 0.15) is 33.2 Å². The summed E-state index contributed by atoms with van der Waals surface area (Å²) in [6.45, 7) is 2.82. The minimum Gasteiger partial charge on any atom is -0.467 e. The van der Waals surface area contributed by atoms with Gasteiger partial charge in [-0.25, -0.2) is 0 Å². The number of benzene rings is 2. The Balaban J connectivity index is 1.54. The molecule has 2 aromatic carbocycles. The molecule has 2 amide bonds. The van der Waals surface area contributed by atoms with E-state index in [9.17, 15) is 9.59 Å². The summed E-state index contributed by atoms with van der Waals surface area (Å²) in [7, 11) is 0. The molecule has 7 heteroatoms. The van der Waals surface area contributed by atoms with Crippen molar-refractivity contribution in [3.8, 4) is 0 Å². The molecule has 0 radical (unpaired) electrons. The van der Waals surface area contributed by atoms with E-state index in [1.54, 1.807) is 41.5 Å². The molecule has 180 valence electrons. The number of carbonyl (C=O) groups excluding carboxylic acids is 2. The molecule has 2 aromatic heterocycles. The molecule has 35 heavy (non-hydrogen) atoms. The van der Waals surface area contributed by atoms with Crippen LogP contribution in [0.3, 0.4) is 0 Å². The largest absolute Gasteiger partial charge is 0.467 e. The van der Waals surface area contributed by atoms with Gasteiger partial charge in [0.05, 0.1) is 19.4 Å². The molecule has 0 fully saturated rings. The Morgan fingerprint density at radius 1 is 0.857 bits per heavy atom. The van der Waals surface area contributed by atoms with Crippen molar-refractivity contribution in [3.63, 3.8) is 0 Å². The van der Waals surface area contributed by atoms with E-state index in [2.05, 4.69) is 15.9 Å². The van der Waals surface area contributed by atoms with Crippen molar-refractivity contribution in [1.82, 2.24) is 9.80 Å². The lowest BCUT2D eigenvalue weighted by atomic mass is 10.1. The standard InChI is InChI=1S/C28H27BrN2O4/c1-21-12-13-26(35-21)19-30(15-14-22-7-3-2-4-8-22)27(32)20-31(18-25-11-6-16-34-25)28(33)23-9-5-10-24(29)17-23/h2-13,16-17H,14-15,18-20H2,1H3. The van der Waals surface area contributed by atoms with Gasteiger partial charge in [0, 0.05) is 16.6 Å². The first-order valence-electron chi connectivity index (χ1n) is 11.4. The predicted molar refractivity (Wildman–Crippen MR) is 137 cm³/mol. The molecule has 2 heterocycles. The van der Waals surface area contributed by atoms with Gasteiger partial charge in [-0.1, -0.05) is 52.3 Å². The number of nitrogens with zero attached hydrogens (tertiary/aromatic N) is 2. The second-order valence-corrected chi connectivity index (χ2v) is 9.23. The zero-order valence-electron chi connectivity index (χ0n) is 19.5. The SMILES string of the molecule is Cc1ccc(CN(CCc2ccccc2)C(=O)CN(Cc2ccco2)C(=O)c2cccc(Br)c2)o1. The normalized spacial score (nSPS) is 10.8. The highest BCUT2D eigenvalue weighted by Crippen LogP contribution is 2.17. The van der Waals surface area contributed by atoms with Crippen molar-refractivity contribution in [2.75, 3.05) is 13.1 Å². The van der Waals surface area contributed by atoms with Crippen LogP contribution in [0.4, 0.5) is 0 Å². The summed E-state index contributed by atoms with van der Waals surface area (Å²) in [4.78, 5) is 30.2. The summed E-state index contributed by atoms with van der Waals surface area (Å²) in [6.07, 6.45) is 2.26. The molecule has 0 aliphatic heterocycles. The predicted octanol–water partition coefficient (Wildman–Crippen LogP) is 5.86. The second kappa shape index (κ2) is 11.7. The third kappa shape index (κ3) is 6.96. The van der Waals surface area contributed by atoms with Crippen LogP contribution >= 0.6 is 15.9 Å². The van der Waals surface area contributed by atoms with Gasteiger partial charge in [0.2, 0.25) is 5.91 Å².